The molecule has 0 amide bonds. The van der Waals surface area contributed by atoms with Gasteiger partial charge in [-0.2, -0.15) is 0 Å². The van der Waals surface area contributed by atoms with E-state index in [-0.39, 0.29) is 24.4 Å². The van der Waals surface area contributed by atoms with E-state index >= 15 is 0 Å². The molecular formula is C13H31N2O5P. The number of rotatable bonds is 11. The summed E-state index contributed by atoms with van der Waals surface area (Å²) >= 11 is 0. The fourth-order valence-electron chi connectivity index (χ4n) is 1.13. The highest BCUT2D eigenvalue weighted by Crippen LogP contribution is 2.47. The normalized spacial score (nSPS) is 13.1. The summed E-state index contributed by atoms with van der Waals surface area (Å²) in [7, 11) is 0.0244. The van der Waals surface area contributed by atoms with Crippen molar-refractivity contribution < 1.29 is 23.9 Å². The number of hydrogen-bond donors (Lipinski definition) is 0. The maximum absolute atomic E-state index is 5.67. The van der Waals surface area contributed by atoms with E-state index in [9.17, 15) is 0 Å². The third-order valence-electron chi connectivity index (χ3n) is 1.65. The molecule has 0 aromatic rings. The molecule has 0 aliphatic carbocycles. The fourth-order valence-corrected chi connectivity index (χ4v) is 2.59. The average molecular weight is 326 g/mol. The predicted octanol–water partition coefficient (Wildman–Crippen LogP) is 3.82. The van der Waals surface area contributed by atoms with Gasteiger partial charge in [-0.05, 0) is 55.4 Å². The van der Waals surface area contributed by atoms with Crippen LogP contribution in [0.25, 0.3) is 0 Å². The molecule has 8 heteroatoms. The lowest BCUT2D eigenvalue weighted by Gasteiger charge is -2.35. The Kier molecular flexibility index (Phi) is 10.9. The van der Waals surface area contributed by atoms with E-state index < -0.39 is 8.45 Å². The summed E-state index contributed by atoms with van der Waals surface area (Å²) in [5.74, 6) is 0. The molecule has 0 unspecified atom stereocenters. The lowest BCUT2D eigenvalue weighted by molar-refractivity contribution is -0.377. The second kappa shape index (κ2) is 10.8. The van der Waals surface area contributed by atoms with Crippen LogP contribution in [0.1, 0.15) is 55.4 Å². The van der Waals surface area contributed by atoms with E-state index in [0.717, 1.165) is 0 Å². The second-order valence-corrected chi connectivity index (χ2v) is 7.05. The lowest BCUT2D eigenvalue weighted by atomic mass is 10.5. The minimum Gasteiger partial charge on any atom is -0.329 e. The van der Waals surface area contributed by atoms with Crippen molar-refractivity contribution in [3.05, 3.63) is 0 Å². The Bertz CT molecular complexity index is 223. The van der Waals surface area contributed by atoms with Gasteiger partial charge in [-0.1, -0.05) is 0 Å². The van der Waals surface area contributed by atoms with Crippen LogP contribution in [-0.2, 0) is 23.9 Å². The summed E-state index contributed by atoms with van der Waals surface area (Å²) in [4.78, 5) is 25.3. The molecule has 0 bridgehead atoms. The van der Waals surface area contributed by atoms with Crippen LogP contribution < -0.4 is 0 Å². The predicted molar refractivity (Wildman–Crippen MR) is 82.5 cm³/mol. The van der Waals surface area contributed by atoms with Gasteiger partial charge in [-0.3, -0.25) is 19.4 Å². The second-order valence-electron chi connectivity index (χ2n) is 5.53. The van der Waals surface area contributed by atoms with E-state index in [2.05, 4.69) is 0 Å². The zero-order valence-electron chi connectivity index (χ0n) is 14.7. The monoisotopic (exact) mass is 326 g/mol. The molecule has 0 atom stereocenters. The third kappa shape index (κ3) is 9.71. The molecule has 0 aliphatic rings. The van der Waals surface area contributed by atoms with Gasteiger partial charge in [0.25, 0.3) is 8.45 Å². The molecule has 0 aromatic carbocycles. The Labute approximate surface area is 130 Å². The van der Waals surface area contributed by atoms with Gasteiger partial charge >= 0.3 is 0 Å². The van der Waals surface area contributed by atoms with Crippen molar-refractivity contribution in [3.63, 3.8) is 0 Å². The van der Waals surface area contributed by atoms with Gasteiger partial charge in [0.15, 0.2) is 0 Å². The molecule has 0 aliphatic heterocycles. The van der Waals surface area contributed by atoms with Crippen LogP contribution in [0.15, 0.2) is 0 Å². The Hall–Kier alpha value is 0.150. The molecule has 0 heterocycles. The van der Waals surface area contributed by atoms with Crippen LogP contribution in [0, 0.1) is 0 Å². The molecule has 128 valence electrons. The standard InChI is InChI=1S/C13H31N2O5P/c1-10(2)17-14(18-11(3)4)21(16-9)15(19-12(5)6)20-13(7)8/h10-13H,1-9H3. The Morgan fingerprint density at radius 2 is 0.810 bits per heavy atom. The van der Waals surface area contributed by atoms with Gasteiger partial charge in [0.05, 0.1) is 24.4 Å². The molecule has 7 nitrogen and oxygen atoms in total. The number of hydrogen-bond acceptors (Lipinski definition) is 7. The van der Waals surface area contributed by atoms with Gasteiger partial charge in [0.1, 0.15) is 0 Å². The topological polar surface area (TPSA) is 52.6 Å². The molecule has 0 fully saturated rings. The highest BCUT2D eigenvalue weighted by Gasteiger charge is 2.34. The minimum atomic E-state index is -1.54. The van der Waals surface area contributed by atoms with Crippen LogP contribution >= 0.6 is 8.45 Å². The van der Waals surface area contributed by atoms with Crippen molar-refractivity contribution in [1.29, 1.82) is 0 Å². The van der Waals surface area contributed by atoms with E-state index in [1.54, 1.807) is 7.11 Å². The van der Waals surface area contributed by atoms with E-state index in [1.807, 2.05) is 55.4 Å². The average Bonchev–Trinajstić information content (AvgIpc) is 2.25. The molecule has 0 aromatic heterocycles. The maximum Gasteiger partial charge on any atom is 0.295 e. The Balaban J connectivity index is 5.09. The first-order valence-corrected chi connectivity index (χ1v) is 8.45. The highest BCUT2D eigenvalue weighted by molar-refractivity contribution is 7.46. The molecule has 0 saturated carbocycles. The molecule has 0 N–H and O–H groups in total. The highest BCUT2D eigenvalue weighted by atomic mass is 31.2. The largest absolute Gasteiger partial charge is 0.329 e. The number of nitrogens with zero attached hydrogens (tertiary/aromatic N) is 2. The van der Waals surface area contributed by atoms with E-state index in [1.165, 1.54) is 9.99 Å². The lowest BCUT2D eigenvalue weighted by Crippen LogP contribution is -2.36. The van der Waals surface area contributed by atoms with Crippen molar-refractivity contribution in [2.45, 2.75) is 79.8 Å². The van der Waals surface area contributed by atoms with Crippen molar-refractivity contribution in [2.24, 2.45) is 0 Å². The molecule has 0 radical (unpaired) electrons. The van der Waals surface area contributed by atoms with Crippen molar-refractivity contribution in [2.75, 3.05) is 7.11 Å². The molecule has 21 heavy (non-hydrogen) atoms. The van der Waals surface area contributed by atoms with E-state index in [0.29, 0.717) is 0 Å². The fraction of sp³-hybridized carbons (Fsp3) is 1.00. The van der Waals surface area contributed by atoms with Crippen molar-refractivity contribution >= 4 is 8.45 Å². The van der Waals surface area contributed by atoms with Crippen molar-refractivity contribution in [1.82, 2.24) is 9.99 Å². The van der Waals surface area contributed by atoms with Crippen LogP contribution in [0.2, 0.25) is 0 Å². The first-order chi connectivity index (χ1) is 9.67. The minimum absolute atomic E-state index is 0.0659. The summed E-state index contributed by atoms with van der Waals surface area (Å²) in [5, 5.41) is 0. The molecule has 0 saturated heterocycles. The van der Waals surface area contributed by atoms with Crippen LogP contribution in [0.4, 0.5) is 0 Å². The summed E-state index contributed by atoms with van der Waals surface area (Å²) in [6.07, 6.45) is -0.264. The zero-order valence-corrected chi connectivity index (χ0v) is 15.6. The van der Waals surface area contributed by atoms with E-state index in [4.69, 9.17) is 23.9 Å². The van der Waals surface area contributed by atoms with Gasteiger partial charge in [0.2, 0.25) is 0 Å². The summed E-state index contributed by atoms with van der Waals surface area (Å²) in [6, 6.07) is 0. The first-order valence-electron chi connectivity index (χ1n) is 7.28. The smallest absolute Gasteiger partial charge is 0.295 e. The van der Waals surface area contributed by atoms with Gasteiger partial charge in [-0.15, -0.1) is 0 Å². The van der Waals surface area contributed by atoms with Gasteiger partial charge in [0, 0.05) is 17.1 Å². The summed E-state index contributed by atoms with van der Waals surface area (Å²) < 4.78 is 5.49. The van der Waals surface area contributed by atoms with Crippen LogP contribution in [-0.4, -0.2) is 41.5 Å². The SMILES string of the molecule is COP(N(OC(C)C)OC(C)C)N(OC(C)C)OC(C)C. The first kappa shape index (κ1) is 21.1. The Morgan fingerprint density at radius 3 is 0.952 bits per heavy atom. The summed E-state index contributed by atoms with van der Waals surface area (Å²) in [6.45, 7) is 15.3. The third-order valence-corrected chi connectivity index (χ3v) is 2.91. The molecule has 0 spiro atoms. The summed E-state index contributed by atoms with van der Waals surface area (Å²) in [5.41, 5.74) is 0. The van der Waals surface area contributed by atoms with Gasteiger partial charge < -0.3 is 4.52 Å². The molecule has 0 rings (SSSR count). The quantitative estimate of drug-likeness (QED) is 0.422. The van der Waals surface area contributed by atoms with Gasteiger partial charge in [-0.25, -0.2) is 0 Å². The van der Waals surface area contributed by atoms with Crippen LogP contribution in [0.5, 0.6) is 0 Å². The maximum atomic E-state index is 5.67. The van der Waals surface area contributed by atoms with Crippen molar-refractivity contribution in [3.8, 4) is 0 Å². The Morgan fingerprint density at radius 1 is 0.571 bits per heavy atom. The zero-order chi connectivity index (χ0) is 16.6. The van der Waals surface area contributed by atoms with Crippen LogP contribution in [0.3, 0.4) is 0 Å². The molecular weight excluding hydrogens is 295 g/mol.